The fourth-order valence-corrected chi connectivity index (χ4v) is 3.06. The number of carbonyl (C=O) groups is 1. The Kier molecular flexibility index (Phi) is 3.78. The molecule has 1 aliphatic heterocycles. The van der Waals surface area contributed by atoms with E-state index >= 15 is 0 Å². The van der Waals surface area contributed by atoms with Gasteiger partial charge in [-0.05, 0) is 23.7 Å². The highest BCUT2D eigenvalue weighted by molar-refractivity contribution is 6.28. The molecule has 7 nitrogen and oxygen atoms in total. The van der Waals surface area contributed by atoms with E-state index in [1.807, 2.05) is 35.2 Å². The van der Waals surface area contributed by atoms with Crippen LogP contribution in [0, 0.1) is 0 Å². The van der Waals surface area contributed by atoms with Crippen LogP contribution in [-0.4, -0.2) is 56.9 Å². The maximum atomic E-state index is 12.5. The van der Waals surface area contributed by atoms with Crippen molar-refractivity contribution in [1.82, 2.24) is 24.8 Å². The highest BCUT2D eigenvalue weighted by atomic mass is 35.5. The van der Waals surface area contributed by atoms with Crippen LogP contribution in [0.5, 0.6) is 0 Å². The van der Waals surface area contributed by atoms with Crippen molar-refractivity contribution < 1.29 is 4.79 Å². The van der Waals surface area contributed by atoms with Crippen LogP contribution in [0.1, 0.15) is 10.4 Å². The van der Waals surface area contributed by atoms with Crippen molar-refractivity contribution in [3.8, 4) is 0 Å². The molecule has 1 aliphatic rings. The molecule has 1 N–H and O–H groups in total. The number of anilines is 1. The van der Waals surface area contributed by atoms with Gasteiger partial charge < -0.3 is 14.8 Å². The van der Waals surface area contributed by atoms with Crippen LogP contribution in [0.2, 0.25) is 5.28 Å². The van der Waals surface area contributed by atoms with Gasteiger partial charge in [0.05, 0.1) is 6.33 Å². The normalized spacial score (nSPS) is 15.0. The third-order valence-corrected chi connectivity index (χ3v) is 4.29. The molecule has 4 rings (SSSR count). The minimum absolute atomic E-state index is 0.0564. The number of nitrogens with zero attached hydrogens (tertiary/aromatic N) is 5. The molecular formula is C16H15ClN6O. The number of benzene rings is 1. The summed E-state index contributed by atoms with van der Waals surface area (Å²) in [5.41, 5.74) is 2.03. The van der Waals surface area contributed by atoms with Gasteiger partial charge >= 0.3 is 0 Å². The number of imidazole rings is 1. The minimum Gasteiger partial charge on any atom is -0.351 e. The smallest absolute Gasteiger partial charge is 0.253 e. The molecule has 1 saturated heterocycles. The summed E-state index contributed by atoms with van der Waals surface area (Å²) < 4.78 is 0. The second kappa shape index (κ2) is 6.09. The first kappa shape index (κ1) is 14.9. The van der Waals surface area contributed by atoms with Crippen LogP contribution in [0.25, 0.3) is 11.2 Å². The Morgan fingerprint density at radius 3 is 2.58 bits per heavy atom. The molecule has 3 heterocycles. The Morgan fingerprint density at radius 2 is 1.83 bits per heavy atom. The Balaban J connectivity index is 1.52. The van der Waals surface area contributed by atoms with Crippen molar-refractivity contribution in [3.63, 3.8) is 0 Å². The van der Waals surface area contributed by atoms with E-state index in [0.717, 1.165) is 0 Å². The van der Waals surface area contributed by atoms with Gasteiger partial charge in [-0.1, -0.05) is 18.2 Å². The van der Waals surface area contributed by atoms with Crippen molar-refractivity contribution in [2.45, 2.75) is 0 Å². The molecule has 24 heavy (non-hydrogen) atoms. The number of rotatable bonds is 2. The Hall–Kier alpha value is -2.67. The SMILES string of the molecule is O=C(c1ccccc1)N1CCN(c2nc(Cl)nc3[nH]cnc23)CC1. The van der Waals surface area contributed by atoms with Crippen molar-refractivity contribution in [3.05, 3.63) is 47.5 Å². The van der Waals surface area contributed by atoms with Gasteiger partial charge in [-0.3, -0.25) is 4.79 Å². The summed E-state index contributed by atoms with van der Waals surface area (Å²) in [6, 6.07) is 9.34. The number of amides is 1. The first-order chi connectivity index (χ1) is 11.7. The van der Waals surface area contributed by atoms with Gasteiger partial charge in [-0.25, -0.2) is 4.98 Å². The molecule has 0 spiro atoms. The first-order valence-electron chi connectivity index (χ1n) is 7.68. The average molecular weight is 343 g/mol. The molecule has 0 unspecified atom stereocenters. The van der Waals surface area contributed by atoms with E-state index < -0.39 is 0 Å². The number of aromatic nitrogens is 4. The zero-order valence-electron chi connectivity index (χ0n) is 12.8. The number of hydrogen-bond acceptors (Lipinski definition) is 5. The zero-order valence-corrected chi connectivity index (χ0v) is 13.6. The fraction of sp³-hybridized carbons (Fsp3) is 0.250. The molecule has 1 aromatic carbocycles. The van der Waals surface area contributed by atoms with E-state index in [0.29, 0.717) is 48.7 Å². The molecule has 1 amide bonds. The molecule has 8 heteroatoms. The largest absolute Gasteiger partial charge is 0.351 e. The highest BCUT2D eigenvalue weighted by Gasteiger charge is 2.25. The minimum atomic E-state index is 0.0564. The molecule has 2 aromatic heterocycles. The lowest BCUT2D eigenvalue weighted by Crippen LogP contribution is -2.49. The summed E-state index contributed by atoms with van der Waals surface area (Å²) in [6.07, 6.45) is 1.58. The molecule has 0 bridgehead atoms. The predicted molar refractivity (Wildman–Crippen MR) is 91.3 cm³/mol. The van der Waals surface area contributed by atoms with E-state index in [2.05, 4.69) is 24.8 Å². The van der Waals surface area contributed by atoms with Crippen LogP contribution < -0.4 is 4.90 Å². The number of hydrogen-bond donors (Lipinski definition) is 1. The second-order valence-corrected chi connectivity index (χ2v) is 5.90. The summed E-state index contributed by atoms with van der Waals surface area (Å²) in [6.45, 7) is 2.60. The van der Waals surface area contributed by atoms with Crippen LogP contribution in [0.15, 0.2) is 36.7 Å². The predicted octanol–water partition coefficient (Wildman–Crippen LogP) is 1.97. The van der Waals surface area contributed by atoms with Crippen LogP contribution >= 0.6 is 11.6 Å². The van der Waals surface area contributed by atoms with Gasteiger partial charge in [0.15, 0.2) is 17.0 Å². The number of carbonyl (C=O) groups excluding carboxylic acids is 1. The number of H-pyrrole nitrogens is 1. The van der Waals surface area contributed by atoms with E-state index in [4.69, 9.17) is 11.6 Å². The lowest BCUT2D eigenvalue weighted by atomic mass is 10.2. The lowest BCUT2D eigenvalue weighted by Gasteiger charge is -2.35. The topological polar surface area (TPSA) is 78.0 Å². The van der Waals surface area contributed by atoms with Crippen LogP contribution in [0.4, 0.5) is 5.82 Å². The summed E-state index contributed by atoms with van der Waals surface area (Å²) in [5.74, 6) is 0.763. The van der Waals surface area contributed by atoms with E-state index in [1.165, 1.54) is 0 Å². The summed E-state index contributed by atoms with van der Waals surface area (Å²) in [7, 11) is 0. The number of aromatic amines is 1. The standard InChI is InChI=1S/C16H15ClN6O/c17-16-20-13-12(18-10-19-13)14(21-16)22-6-8-23(9-7-22)15(24)11-4-2-1-3-5-11/h1-5,10H,6-9H2,(H,18,19,20,21). The summed E-state index contributed by atoms with van der Waals surface area (Å²) in [5, 5.41) is 0.185. The summed E-state index contributed by atoms with van der Waals surface area (Å²) >= 11 is 6.00. The Morgan fingerprint density at radius 1 is 1.08 bits per heavy atom. The quantitative estimate of drug-likeness (QED) is 0.720. The Labute approximate surface area is 143 Å². The van der Waals surface area contributed by atoms with Crippen molar-refractivity contribution in [2.75, 3.05) is 31.1 Å². The lowest BCUT2D eigenvalue weighted by molar-refractivity contribution is 0.0746. The maximum Gasteiger partial charge on any atom is 0.253 e. The van der Waals surface area contributed by atoms with Crippen LogP contribution in [-0.2, 0) is 0 Å². The molecule has 0 aliphatic carbocycles. The molecular weight excluding hydrogens is 328 g/mol. The molecule has 122 valence electrons. The van der Waals surface area contributed by atoms with Crippen molar-refractivity contribution in [2.24, 2.45) is 0 Å². The first-order valence-corrected chi connectivity index (χ1v) is 8.06. The highest BCUT2D eigenvalue weighted by Crippen LogP contribution is 2.24. The monoisotopic (exact) mass is 342 g/mol. The van der Waals surface area contributed by atoms with Crippen LogP contribution in [0.3, 0.4) is 0 Å². The van der Waals surface area contributed by atoms with Gasteiger partial charge in [-0.2, -0.15) is 9.97 Å². The molecule has 0 saturated carbocycles. The zero-order chi connectivity index (χ0) is 16.5. The third-order valence-electron chi connectivity index (χ3n) is 4.12. The number of nitrogens with one attached hydrogen (secondary N) is 1. The van der Waals surface area contributed by atoms with E-state index in [1.54, 1.807) is 6.33 Å². The Bertz CT molecular complexity index is 873. The number of piperazine rings is 1. The maximum absolute atomic E-state index is 12.5. The van der Waals surface area contributed by atoms with Gasteiger partial charge in [-0.15, -0.1) is 0 Å². The van der Waals surface area contributed by atoms with Crippen molar-refractivity contribution in [1.29, 1.82) is 0 Å². The molecule has 0 radical (unpaired) electrons. The number of halogens is 1. The van der Waals surface area contributed by atoms with E-state index in [9.17, 15) is 4.79 Å². The second-order valence-electron chi connectivity index (χ2n) is 5.56. The molecule has 1 fully saturated rings. The van der Waals surface area contributed by atoms with Gasteiger partial charge in [0.25, 0.3) is 5.91 Å². The molecule has 3 aromatic rings. The average Bonchev–Trinajstić information content (AvgIpc) is 3.09. The number of fused-ring (bicyclic) bond motifs is 1. The summed E-state index contributed by atoms with van der Waals surface area (Å²) in [4.78, 5) is 32.1. The third kappa shape index (κ3) is 2.67. The van der Waals surface area contributed by atoms with Crippen molar-refractivity contribution >= 4 is 34.5 Å². The molecule has 0 atom stereocenters. The van der Waals surface area contributed by atoms with Gasteiger partial charge in [0, 0.05) is 31.7 Å². The van der Waals surface area contributed by atoms with E-state index in [-0.39, 0.29) is 11.2 Å². The van der Waals surface area contributed by atoms with Gasteiger partial charge in [0.2, 0.25) is 5.28 Å². The van der Waals surface area contributed by atoms with Gasteiger partial charge in [0.1, 0.15) is 0 Å². The fourth-order valence-electron chi connectivity index (χ4n) is 2.90.